The van der Waals surface area contributed by atoms with Crippen molar-refractivity contribution in [2.75, 3.05) is 27.1 Å². The normalized spacial score (nSPS) is 27.4. The topological polar surface area (TPSA) is 85.9 Å². The minimum absolute atomic E-state index is 0.0634. The molecular weight excluding hydrogens is 324 g/mol. The Kier molecular flexibility index (Phi) is 6.27. The Hall–Kier alpha value is -0.613. The number of hydrogen-bond acceptors (Lipinski definition) is 6. The Labute approximate surface area is 136 Å². The minimum Gasteiger partial charge on any atom is -0.372 e. The van der Waals surface area contributed by atoms with Crippen LogP contribution in [0.25, 0.3) is 0 Å². The molecule has 3 atom stereocenters. The Morgan fingerprint density at radius 1 is 1.23 bits per heavy atom. The summed E-state index contributed by atoms with van der Waals surface area (Å²) in [4.78, 5) is 23.5. The number of carbonyl (C=O) groups excluding carboxylic acids is 2. The highest BCUT2D eigenvalue weighted by molar-refractivity contribution is 8.00. The van der Waals surface area contributed by atoms with Crippen LogP contribution in [0, 0.1) is 0 Å². The van der Waals surface area contributed by atoms with E-state index < -0.39 is 8.80 Å². The van der Waals surface area contributed by atoms with E-state index in [0.717, 1.165) is 25.0 Å². The molecule has 0 saturated carbocycles. The van der Waals surface area contributed by atoms with E-state index in [1.54, 1.807) is 0 Å². The largest absolute Gasteiger partial charge is 0.573 e. The van der Waals surface area contributed by atoms with Gasteiger partial charge in [0.2, 0.25) is 5.41 Å². The van der Waals surface area contributed by atoms with Gasteiger partial charge in [0, 0.05) is 38.8 Å². The average Bonchev–Trinajstić information content (AvgIpc) is 3.05. The molecule has 2 aliphatic heterocycles. The first-order valence-corrected chi connectivity index (χ1v) is 10.2. The zero-order valence-corrected chi connectivity index (χ0v) is 15.0. The van der Waals surface area contributed by atoms with E-state index in [-0.39, 0.29) is 23.5 Å². The lowest BCUT2D eigenvalue weighted by Crippen LogP contribution is -2.51. The Balaban J connectivity index is 1.71. The van der Waals surface area contributed by atoms with Gasteiger partial charge in [0.25, 0.3) is 0 Å². The van der Waals surface area contributed by atoms with Gasteiger partial charge < -0.3 is 23.9 Å². The summed E-state index contributed by atoms with van der Waals surface area (Å²) in [6.45, 7) is 0. The summed E-state index contributed by atoms with van der Waals surface area (Å²) in [5.41, 5.74) is 0. The quantitative estimate of drug-likeness (QED) is 0.362. The number of hydrogen-bond donors (Lipinski definition) is 2. The van der Waals surface area contributed by atoms with E-state index >= 15 is 0 Å². The summed E-state index contributed by atoms with van der Waals surface area (Å²) in [5, 5.41) is 6.25. The molecule has 0 aromatic heterocycles. The molecule has 2 amide bonds. The standard InChI is InChI=1S/C13H24N2O5SSi/c1-18-22(19-2,20-3)11(16)7-5-4-6-10-12-9(8-21-10)14-13(17)15-12/h9-10,12H,4-8H2,1-3H3,(H2,14,15,17)/t9-,10-,12-/m0/s1. The van der Waals surface area contributed by atoms with Gasteiger partial charge in [-0.1, -0.05) is 6.42 Å². The summed E-state index contributed by atoms with van der Waals surface area (Å²) in [6, 6.07) is 0.407. The SMILES string of the molecule is CO[Si](OC)(OC)C(=O)CCCC[C@@H]1SC[C@@H]2NC(=O)N[C@@H]21. The number of amides is 2. The van der Waals surface area contributed by atoms with Crippen molar-refractivity contribution in [3.05, 3.63) is 0 Å². The first-order chi connectivity index (χ1) is 10.6. The third kappa shape index (κ3) is 3.65. The molecule has 2 N–H and O–H groups in total. The van der Waals surface area contributed by atoms with Crippen molar-refractivity contribution in [3.63, 3.8) is 0 Å². The Bertz CT molecular complexity index is 413. The van der Waals surface area contributed by atoms with Crippen molar-refractivity contribution in [1.29, 1.82) is 0 Å². The third-order valence-corrected chi connectivity index (χ3v) is 8.28. The maximum absolute atomic E-state index is 12.2. The van der Waals surface area contributed by atoms with E-state index in [4.69, 9.17) is 13.3 Å². The van der Waals surface area contributed by atoms with Crippen LogP contribution in [0.2, 0.25) is 0 Å². The molecule has 2 rings (SSSR count). The molecule has 2 fully saturated rings. The van der Waals surface area contributed by atoms with Crippen LogP contribution in [0.15, 0.2) is 0 Å². The van der Waals surface area contributed by atoms with E-state index in [1.807, 2.05) is 11.8 Å². The van der Waals surface area contributed by atoms with Crippen LogP contribution in [0.4, 0.5) is 4.79 Å². The maximum atomic E-state index is 12.2. The van der Waals surface area contributed by atoms with Crippen LogP contribution < -0.4 is 10.6 Å². The maximum Gasteiger partial charge on any atom is 0.573 e. The monoisotopic (exact) mass is 348 g/mol. The molecule has 7 nitrogen and oxygen atoms in total. The molecule has 22 heavy (non-hydrogen) atoms. The molecule has 0 aromatic carbocycles. The van der Waals surface area contributed by atoms with E-state index in [1.165, 1.54) is 21.3 Å². The van der Waals surface area contributed by atoms with Crippen LogP contribution in [0.3, 0.4) is 0 Å². The lowest BCUT2D eigenvalue weighted by Gasteiger charge is -2.22. The van der Waals surface area contributed by atoms with Gasteiger partial charge in [-0.3, -0.25) is 4.79 Å². The number of carbonyl (C=O) groups is 2. The van der Waals surface area contributed by atoms with E-state index in [0.29, 0.717) is 11.7 Å². The first kappa shape index (κ1) is 17.7. The molecule has 2 saturated heterocycles. The number of rotatable bonds is 9. The van der Waals surface area contributed by atoms with Gasteiger partial charge in [0.15, 0.2) is 0 Å². The summed E-state index contributed by atoms with van der Waals surface area (Å²) in [5.74, 6) is 0.958. The highest BCUT2D eigenvalue weighted by Crippen LogP contribution is 2.33. The molecule has 2 aliphatic rings. The molecular formula is C13H24N2O5SSi. The predicted octanol–water partition coefficient (Wildman–Crippen LogP) is 0.699. The minimum atomic E-state index is -3.14. The Morgan fingerprint density at radius 3 is 2.55 bits per heavy atom. The zero-order chi connectivity index (χ0) is 16.2. The van der Waals surface area contributed by atoms with Crippen LogP contribution in [0.5, 0.6) is 0 Å². The fourth-order valence-electron chi connectivity index (χ4n) is 3.02. The fourth-order valence-corrected chi connectivity index (χ4v) is 6.23. The van der Waals surface area contributed by atoms with Crippen LogP contribution >= 0.6 is 11.8 Å². The van der Waals surface area contributed by atoms with Crippen LogP contribution in [-0.2, 0) is 18.1 Å². The molecule has 0 radical (unpaired) electrons. The van der Waals surface area contributed by atoms with Crippen molar-refractivity contribution in [3.8, 4) is 0 Å². The number of unbranched alkanes of at least 4 members (excludes halogenated alkanes) is 1. The van der Waals surface area contributed by atoms with E-state index in [2.05, 4.69) is 10.6 Å². The van der Waals surface area contributed by atoms with Crippen molar-refractivity contribution in [2.24, 2.45) is 0 Å². The van der Waals surface area contributed by atoms with Crippen molar-refractivity contribution >= 4 is 32.0 Å². The van der Waals surface area contributed by atoms with Gasteiger partial charge in [-0.05, 0) is 12.8 Å². The number of fused-ring (bicyclic) bond motifs is 1. The van der Waals surface area contributed by atoms with Crippen molar-refractivity contribution < 1.29 is 22.9 Å². The van der Waals surface area contributed by atoms with Gasteiger partial charge in [-0.15, -0.1) is 0 Å². The van der Waals surface area contributed by atoms with Gasteiger partial charge in [0.1, 0.15) is 0 Å². The number of nitrogens with one attached hydrogen (secondary N) is 2. The molecule has 0 aliphatic carbocycles. The van der Waals surface area contributed by atoms with Gasteiger partial charge in [0.05, 0.1) is 12.1 Å². The molecule has 126 valence electrons. The molecule has 0 aromatic rings. The number of thioether (sulfide) groups is 1. The smallest absolute Gasteiger partial charge is 0.372 e. The van der Waals surface area contributed by atoms with Crippen LogP contribution in [0.1, 0.15) is 25.7 Å². The van der Waals surface area contributed by atoms with Gasteiger partial charge >= 0.3 is 14.8 Å². The van der Waals surface area contributed by atoms with Crippen molar-refractivity contribution in [2.45, 2.75) is 43.0 Å². The predicted molar refractivity (Wildman–Crippen MR) is 85.7 cm³/mol. The molecule has 0 bridgehead atoms. The van der Waals surface area contributed by atoms with Gasteiger partial charge in [-0.2, -0.15) is 11.8 Å². The fraction of sp³-hybridized carbons (Fsp3) is 0.846. The van der Waals surface area contributed by atoms with Crippen LogP contribution in [-0.4, -0.2) is 64.7 Å². The lowest BCUT2D eigenvalue weighted by atomic mass is 10.0. The third-order valence-electron chi connectivity index (χ3n) is 4.23. The average molecular weight is 348 g/mol. The van der Waals surface area contributed by atoms with Gasteiger partial charge in [-0.25, -0.2) is 4.79 Å². The highest BCUT2D eigenvalue weighted by Gasteiger charge is 2.47. The molecule has 0 unspecified atom stereocenters. The highest BCUT2D eigenvalue weighted by atomic mass is 32.2. The van der Waals surface area contributed by atoms with Crippen molar-refractivity contribution in [1.82, 2.24) is 10.6 Å². The molecule has 0 spiro atoms. The summed E-state index contributed by atoms with van der Waals surface area (Å²) < 4.78 is 15.5. The molecule has 2 heterocycles. The number of urea groups is 1. The second kappa shape index (κ2) is 7.78. The summed E-state index contributed by atoms with van der Waals surface area (Å²) >= 11 is 1.89. The second-order valence-electron chi connectivity index (χ2n) is 5.46. The Morgan fingerprint density at radius 2 is 1.91 bits per heavy atom. The molecule has 9 heteroatoms. The van der Waals surface area contributed by atoms with E-state index in [9.17, 15) is 9.59 Å². The second-order valence-corrected chi connectivity index (χ2v) is 9.63. The summed E-state index contributed by atoms with van der Waals surface area (Å²) in [6.07, 6.45) is 3.10. The first-order valence-electron chi connectivity index (χ1n) is 7.43. The summed E-state index contributed by atoms with van der Waals surface area (Å²) in [7, 11) is 1.20. The zero-order valence-electron chi connectivity index (χ0n) is 13.2. The lowest BCUT2D eigenvalue weighted by molar-refractivity contribution is -0.118.